The number of aromatic nitrogens is 5. The van der Waals surface area contributed by atoms with Crippen molar-refractivity contribution < 1.29 is 14.3 Å². The number of rotatable bonds is 7. The number of nitrogens with zero attached hydrogens (tertiary/aromatic N) is 6. The number of carbonyl (C=O) groups excluding carboxylic acids is 1. The maximum absolute atomic E-state index is 12.7. The highest BCUT2D eigenvalue weighted by Gasteiger charge is 2.21. The van der Waals surface area contributed by atoms with Crippen molar-refractivity contribution in [2.24, 2.45) is 0 Å². The predicted molar refractivity (Wildman–Crippen MR) is 137 cm³/mol. The summed E-state index contributed by atoms with van der Waals surface area (Å²) in [5.41, 5.74) is 1.84. The van der Waals surface area contributed by atoms with Gasteiger partial charge in [0.25, 0.3) is 0 Å². The Balaban J connectivity index is 1.61. The number of pyridine rings is 1. The second kappa shape index (κ2) is 10.1. The Hall–Kier alpha value is -5.30. The third-order valence-corrected chi connectivity index (χ3v) is 5.56. The minimum atomic E-state index is -0.598. The molecule has 0 amide bonds. The monoisotopic (exact) mass is 491 g/mol. The number of fused-ring (bicyclic) bond motifs is 1. The predicted octanol–water partition coefficient (Wildman–Crippen LogP) is 4.68. The fourth-order valence-corrected chi connectivity index (χ4v) is 3.72. The maximum atomic E-state index is 12.7. The zero-order chi connectivity index (χ0) is 25.8. The molecule has 0 saturated heterocycles. The summed E-state index contributed by atoms with van der Waals surface area (Å²) in [5, 5.41) is 18.2. The van der Waals surface area contributed by atoms with Gasteiger partial charge in [-0.05, 0) is 49.4 Å². The van der Waals surface area contributed by atoms with Crippen LogP contribution in [-0.2, 0) is 4.74 Å². The number of hydrogen-bond donors (Lipinski definition) is 1. The normalized spacial score (nSPS) is 10.6. The van der Waals surface area contributed by atoms with Gasteiger partial charge in [-0.25, -0.2) is 19.7 Å². The van der Waals surface area contributed by atoms with Crippen LogP contribution in [0.5, 0.6) is 5.75 Å². The SMILES string of the molecule is CCOC(=O)c1cnc(-c2ccc(OC)cc2)nc1Nc1c(C#N)cnn1-c1ccc2ccccc2n1. The second-order valence-electron chi connectivity index (χ2n) is 7.82. The van der Waals surface area contributed by atoms with E-state index in [9.17, 15) is 10.1 Å². The van der Waals surface area contributed by atoms with Gasteiger partial charge in [0.15, 0.2) is 17.5 Å². The largest absolute Gasteiger partial charge is 0.497 e. The van der Waals surface area contributed by atoms with Crippen LogP contribution in [0.4, 0.5) is 11.6 Å². The lowest BCUT2D eigenvalue weighted by Gasteiger charge is -2.14. The van der Waals surface area contributed by atoms with Gasteiger partial charge in [-0.15, -0.1) is 0 Å². The van der Waals surface area contributed by atoms with Crippen molar-refractivity contribution >= 4 is 28.5 Å². The summed E-state index contributed by atoms with van der Waals surface area (Å²) in [5.74, 6) is 1.42. The van der Waals surface area contributed by atoms with Crippen molar-refractivity contribution in [3.05, 3.63) is 84.2 Å². The molecular weight excluding hydrogens is 470 g/mol. The van der Waals surface area contributed by atoms with Crippen LogP contribution in [0.25, 0.3) is 28.1 Å². The third-order valence-electron chi connectivity index (χ3n) is 5.56. The Kier molecular flexibility index (Phi) is 6.42. The highest BCUT2D eigenvalue weighted by molar-refractivity contribution is 5.95. The van der Waals surface area contributed by atoms with Gasteiger partial charge < -0.3 is 14.8 Å². The van der Waals surface area contributed by atoms with Gasteiger partial charge in [-0.3, -0.25) is 0 Å². The van der Waals surface area contributed by atoms with Crippen molar-refractivity contribution in [2.75, 3.05) is 19.0 Å². The first-order valence-electron chi connectivity index (χ1n) is 11.4. The number of hydrogen-bond acceptors (Lipinski definition) is 9. The first-order valence-corrected chi connectivity index (χ1v) is 11.4. The highest BCUT2D eigenvalue weighted by Crippen LogP contribution is 2.28. The van der Waals surface area contributed by atoms with Crippen molar-refractivity contribution in [1.29, 1.82) is 5.26 Å². The van der Waals surface area contributed by atoms with Gasteiger partial charge >= 0.3 is 5.97 Å². The molecule has 0 fully saturated rings. The number of carbonyl (C=O) groups is 1. The van der Waals surface area contributed by atoms with Gasteiger partial charge in [0, 0.05) is 17.1 Å². The first-order chi connectivity index (χ1) is 18.1. The molecule has 0 spiro atoms. The number of nitrogens with one attached hydrogen (secondary N) is 1. The van der Waals surface area contributed by atoms with Crippen LogP contribution in [-0.4, -0.2) is 44.4 Å². The van der Waals surface area contributed by atoms with E-state index >= 15 is 0 Å². The van der Waals surface area contributed by atoms with Crippen molar-refractivity contribution in [1.82, 2.24) is 24.7 Å². The standard InChI is InChI=1S/C27H21N7O3/c1-3-37-27(35)21-16-29-24(18-8-11-20(36-2)12-9-18)32-25(21)33-26-19(14-28)15-30-34(26)23-13-10-17-6-4-5-7-22(17)31-23/h4-13,15-16H,3H2,1-2H3,(H,29,32,33). The van der Waals surface area contributed by atoms with E-state index in [1.807, 2.05) is 42.5 Å². The molecule has 10 nitrogen and oxygen atoms in total. The molecule has 182 valence electrons. The summed E-state index contributed by atoms with van der Waals surface area (Å²) in [4.78, 5) is 26.4. The Labute approximate surface area is 212 Å². The summed E-state index contributed by atoms with van der Waals surface area (Å²) in [6, 6.07) is 20.7. The van der Waals surface area contributed by atoms with E-state index in [0.29, 0.717) is 28.8 Å². The zero-order valence-electron chi connectivity index (χ0n) is 20.0. The molecule has 0 bridgehead atoms. The van der Waals surface area contributed by atoms with Gasteiger partial charge in [0.1, 0.15) is 28.8 Å². The molecule has 1 N–H and O–H groups in total. The number of para-hydroxylation sites is 1. The van der Waals surface area contributed by atoms with E-state index in [2.05, 4.69) is 31.4 Å². The number of esters is 1. The minimum absolute atomic E-state index is 0.113. The van der Waals surface area contributed by atoms with Gasteiger partial charge in [0.2, 0.25) is 0 Å². The number of methoxy groups -OCH3 is 1. The van der Waals surface area contributed by atoms with Crippen LogP contribution in [0.15, 0.2) is 73.1 Å². The third kappa shape index (κ3) is 4.66. The fourth-order valence-electron chi connectivity index (χ4n) is 3.72. The molecule has 0 aliphatic heterocycles. The maximum Gasteiger partial charge on any atom is 0.343 e. The minimum Gasteiger partial charge on any atom is -0.497 e. The van der Waals surface area contributed by atoms with Crippen LogP contribution in [0.2, 0.25) is 0 Å². The van der Waals surface area contributed by atoms with E-state index in [1.54, 1.807) is 32.2 Å². The average Bonchev–Trinajstić information content (AvgIpc) is 3.35. The molecule has 5 aromatic rings. The lowest BCUT2D eigenvalue weighted by molar-refractivity contribution is 0.0526. The lowest BCUT2D eigenvalue weighted by Crippen LogP contribution is -2.13. The van der Waals surface area contributed by atoms with Crippen molar-refractivity contribution in [3.63, 3.8) is 0 Å². The van der Waals surface area contributed by atoms with Gasteiger partial charge in [-0.1, -0.05) is 18.2 Å². The highest BCUT2D eigenvalue weighted by atomic mass is 16.5. The van der Waals surface area contributed by atoms with Crippen LogP contribution < -0.4 is 10.1 Å². The second-order valence-corrected chi connectivity index (χ2v) is 7.82. The van der Waals surface area contributed by atoms with Crippen LogP contribution in [0.1, 0.15) is 22.8 Å². The van der Waals surface area contributed by atoms with E-state index in [4.69, 9.17) is 9.47 Å². The van der Waals surface area contributed by atoms with E-state index in [1.165, 1.54) is 17.1 Å². The summed E-state index contributed by atoms with van der Waals surface area (Å²) in [6.07, 6.45) is 2.82. The Morgan fingerprint density at radius 1 is 1.05 bits per heavy atom. The van der Waals surface area contributed by atoms with Crippen molar-refractivity contribution in [3.8, 4) is 29.0 Å². The number of benzene rings is 2. The van der Waals surface area contributed by atoms with Gasteiger partial charge in [-0.2, -0.15) is 15.0 Å². The van der Waals surface area contributed by atoms with E-state index < -0.39 is 5.97 Å². The van der Waals surface area contributed by atoms with E-state index in [0.717, 1.165) is 10.9 Å². The lowest BCUT2D eigenvalue weighted by atomic mass is 10.2. The smallest absolute Gasteiger partial charge is 0.343 e. The quantitative estimate of drug-likeness (QED) is 0.323. The van der Waals surface area contributed by atoms with Crippen LogP contribution >= 0.6 is 0 Å². The van der Waals surface area contributed by atoms with Gasteiger partial charge in [0.05, 0.1) is 25.4 Å². The number of nitriles is 1. The summed E-state index contributed by atoms with van der Waals surface area (Å²) in [6.45, 7) is 1.90. The average molecular weight is 492 g/mol. The molecular formula is C27H21N7O3. The summed E-state index contributed by atoms with van der Waals surface area (Å²) >= 11 is 0. The molecule has 0 aliphatic rings. The molecule has 10 heteroatoms. The molecule has 0 atom stereocenters. The molecule has 0 unspecified atom stereocenters. The topological polar surface area (TPSA) is 128 Å². The fraction of sp³-hybridized carbons (Fsp3) is 0.111. The Bertz CT molecular complexity index is 1640. The molecule has 0 saturated carbocycles. The van der Waals surface area contributed by atoms with E-state index in [-0.39, 0.29) is 23.6 Å². The Morgan fingerprint density at radius 2 is 1.86 bits per heavy atom. The zero-order valence-corrected chi connectivity index (χ0v) is 20.0. The number of ether oxygens (including phenoxy) is 2. The van der Waals surface area contributed by atoms with Crippen LogP contribution in [0.3, 0.4) is 0 Å². The molecule has 37 heavy (non-hydrogen) atoms. The van der Waals surface area contributed by atoms with Crippen molar-refractivity contribution in [2.45, 2.75) is 6.92 Å². The molecule has 5 rings (SSSR count). The summed E-state index contributed by atoms with van der Waals surface area (Å²) in [7, 11) is 1.59. The molecule has 2 aromatic carbocycles. The molecule has 3 heterocycles. The first kappa shape index (κ1) is 23.4. The number of anilines is 2. The summed E-state index contributed by atoms with van der Waals surface area (Å²) < 4.78 is 11.9. The molecule has 0 radical (unpaired) electrons. The van der Waals surface area contributed by atoms with Crippen LogP contribution in [0, 0.1) is 11.3 Å². The molecule has 3 aromatic heterocycles. The molecule has 0 aliphatic carbocycles. The Morgan fingerprint density at radius 3 is 2.62 bits per heavy atom.